The highest BCUT2D eigenvalue weighted by Crippen LogP contribution is 2.36. The summed E-state index contributed by atoms with van der Waals surface area (Å²) in [5, 5.41) is 3.46. The van der Waals surface area contributed by atoms with Gasteiger partial charge in [-0.15, -0.1) is 0 Å². The van der Waals surface area contributed by atoms with Crippen molar-refractivity contribution in [1.82, 2.24) is 0 Å². The Morgan fingerprint density at radius 3 is 2.65 bits per heavy atom. The van der Waals surface area contributed by atoms with Crippen LogP contribution in [0.1, 0.15) is 11.1 Å². The van der Waals surface area contributed by atoms with Gasteiger partial charge in [0.15, 0.2) is 10.9 Å². The molecule has 34 heavy (non-hydrogen) atoms. The van der Waals surface area contributed by atoms with Crippen LogP contribution >= 0.6 is 47.2 Å². The number of halogens is 2. The molecule has 1 heterocycles. The van der Waals surface area contributed by atoms with Gasteiger partial charge in [-0.25, -0.2) is 0 Å². The molecule has 2 amide bonds. The number of carbonyl (C=O) groups excluding carboxylic acids is 2. The van der Waals surface area contributed by atoms with Gasteiger partial charge < -0.3 is 10.1 Å². The fraction of sp³-hybridized carbons (Fsp3) is 0.0800. The van der Waals surface area contributed by atoms with Crippen LogP contribution in [0.2, 0.25) is 10.0 Å². The summed E-state index contributed by atoms with van der Waals surface area (Å²) in [5.41, 5.74) is 3.07. The Morgan fingerprint density at radius 1 is 1.09 bits per heavy atom. The molecule has 4 rings (SSSR count). The first-order valence-electron chi connectivity index (χ1n) is 10.1. The molecule has 0 spiro atoms. The van der Waals surface area contributed by atoms with Crippen LogP contribution in [0.15, 0.2) is 71.6 Å². The maximum Gasteiger partial charge on any atom is 0.270 e. The lowest BCUT2D eigenvalue weighted by molar-refractivity contribution is -0.118. The van der Waals surface area contributed by atoms with Gasteiger partial charge in [0.25, 0.3) is 11.8 Å². The molecular formula is C25H18Cl2N2O3S2. The van der Waals surface area contributed by atoms with Crippen LogP contribution < -0.4 is 15.0 Å². The minimum atomic E-state index is -0.345. The van der Waals surface area contributed by atoms with Gasteiger partial charge in [0.1, 0.15) is 5.75 Å². The van der Waals surface area contributed by atoms with Crippen LogP contribution in [0.5, 0.6) is 5.75 Å². The average Bonchev–Trinajstić information content (AvgIpc) is 3.08. The Labute approximate surface area is 216 Å². The molecule has 0 unspecified atom stereocenters. The topological polar surface area (TPSA) is 58.6 Å². The average molecular weight is 529 g/mol. The second-order valence-electron chi connectivity index (χ2n) is 7.39. The lowest BCUT2D eigenvalue weighted by atomic mass is 10.2. The quantitative estimate of drug-likeness (QED) is 0.284. The predicted molar refractivity (Wildman–Crippen MR) is 144 cm³/mol. The third kappa shape index (κ3) is 5.80. The van der Waals surface area contributed by atoms with E-state index >= 15 is 0 Å². The maximum absolute atomic E-state index is 13.0. The highest BCUT2D eigenvalue weighted by Gasteiger charge is 2.33. The minimum Gasteiger partial charge on any atom is -0.484 e. The standard InChI is InChI=1S/C25H18Cl2N2O3S2/c1-15-4-2-6-18(10-15)29-24(31)22(34-25(29)33)12-16-5-3-7-19(11-16)32-14-23(30)28-17-8-9-20(26)21(27)13-17/h2-13H,14H2,1H3,(H,28,30)/b22-12-. The van der Waals surface area contributed by atoms with Crippen LogP contribution in [0.3, 0.4) is 0 Å². The molecule has 0 saturated carbocycles. The molecule has 1 N–H and O–H groups in total. The number of hydrogen-bond acceptors (Lipinski definition) is 5. The summed E-state index contributed by atoms with van der Waals surface area (Å²) in [7, 11) is 0. The van der Waals surface area contributed by atoms with Crippen molar-refractivity contribution < 1.29 is 14.3 Å². The third-order valence-corrected chi connectivity index (χ3v) is 6.82. The van der Waals surface area contributed by atoms with Crippen LogP contribution in [0, 0.1) is 6.92 Å². The van der Waals surface area contributed by atoms with E-state index in [9.17, 15) is 9.59 Å². The zero-order valence-corrected chi connectivity index (χ0v) is 21.0. The number of ether oxygens (including phenoxy) is 1. The van der Waals surface area contributed by atoms with Crippen LogP contribution in [0.25, 0.3) is 6.08 Å². The fourth-order valence-electron chi connectivity index (χ4n) is 3.22. The SMILES string of the molecule is Cc1cccc(N2C(=O)/C(=C/c3cccc(OCC(=O)Nc4ccc(Cl)c(Cl)c4)c3)SC2=S)c1. The Kier molecular flexibility index (Phi) is 7.58. The van der Waals surface area contributed by atoms with Gasteiger partial charge >= 0.3 is 0 Å². The van der Waals surface area contributed by atoms with E-state index in [-0.39, 0.29) is 18.4 Å². The van der Waals surface area contributed by atoms with Gasteiger partial charge in [-0.1, -0.05) is 71.4 Å². The molecule has 1 aliphatic rings. The van der Waals surface area contributed by atoms with Crippen molar-refractivity contribution in [2.75, 3.05) is 16.8 Å². The number of nitrogens with one attached hydrogen (secondary N) is 1. The highest BCUT2D eigenvalue weighted by atomic mass is 35.5. The molecule has 0 atom stereocenters. The lowest BCUT2D eigenvalue weighted by Gasteiger charge is -2.14. The van der Waals surface area contributed by atoms with Crippen molar-refractivity contribution in [2.24, 2.45) is 0 Å². The summed E-state index contributed by atoms with van der Waals surface area (Å²) in [4.78, 5) is 27.3. The fourth-order valence-corrected chi connectivity index (χ4v) is 4.82. The van der Waals surface area contributed by atoms with Crippen molar-refractivity contribution in [3.05, 3.63) is 92.8 Å². The van der Waals surface area contributed by atoms with E-state index in [2.05, 4.69) is 5.32 Å². The number of thiocarbonyl (C=S) groups is 1. The Balaban J connectivity index is 1.42. The van der Waals surface area contributed by atoms with Crippen molar-refractivity contribution in [2.45, 2.75) is 6.92 Å². The molecule has 1 saturated heterocycles. The van der Waals surface area contributed by atoms with Gasteiger partial charge in [-0.3, -0.25) is 14.5 Å². The first kappa shape index (κ1) is 24.3. The van der Waals surface area contributed by atoms with E-state index in [1.165, 1.54) is 16.7 Å². The number of carbonyl (C=O) groups is 2. The van der Waals surface area contributed by atoms with Gasteiger partial charge in [0.05, 0.1) is 20.6 Å². The molecule has 172 valence electrons. The smallest absolute Gasteiger partial charge is 0.270 e. The molecule has 0 bridgehead atoms. The third-order valence-electron chi connectivity index (χ3n) is 4.78. The number of nitrogens with zero attached hydrogens (tertiary/aromatic N) is 1. The number of anilines is 2. The van der Waals surface area contributed by atoms with Gasteiger partial charge in [0, 0.05) is 5.69 Å². The van der Waals surface area contributed by atoms with E-state index in [4.69, 9.17) is 40.2 Å². The number of amides is 2. The first-order valence-corrected chi connectivity index (χ1v) is 12.1. The van der Waals surface area contributed by atoms with Crippen molar-refractivity contribution in [3.63, 3.8) is 0 Å². The highest BCUT2D eigenvalue weighted by molar-refractivity contribution is 8.27. The Hall–Kier alpha value is -2.84. The van der Waals surface area contributed by atoms with Crippen molar-refractivity contribution in [1.29, 1.82) is 0 Å². The normalized spacial score (nSPS) is 14.6. The summed E-state index contributed by atoms with van der Waals surface area (Å²) in [6.07, 6.45) is 1.76. The number of benzene rings is 3. The second kappa shape index (κ2) is 10.6. The summed E-state index contributed by atoms with van der Waals surface area (Å²) in [6.45, 7) is 1.77. The number of hydrogen-bond donors (Lipinski definition) is 1. The second-order valence-corrected chi connectivity index (χ2v) is 9.88. The van der Waals surface area contributed by atoms with Crippen LogP contribution in [-0.4, -0.2) is 22.7 Å². The van der Waals surface area contributed by atoms with E-state index in [1.54, 1.807) is 42.5 Å². The molecule has 1 aliphatic heterocycles. The van der Waals surface area contributed by atoms with Gasteiger partial charge in [-0.05, 0) is 66.6 Å². The lowest BCUT2D eigenvalue weighted by Crippen LogP contribution is -2.27. The Bertz CT molecular complexity index is 1330. The molecule has 0 radical (unpaired) electrons. The predicted octanol–water partition coefficient (Wildman–Crippen LogP) is 6.73. The van der Waals surface area contributed by atoms with Gasteiger partial charge in [0.2, 0.25) is 0 Å². The number of rotatable bonds is 6. The number of thioether (sulfide) groups is 1. The van der Waals surface area contributed by atoms with Crippen LogP contribution in [0.4, 0.5) is 11.4 Å². The summed E-state index contributed by atoms with van der Waals surface area (Å²) in [6, 6.07) is 19.6. The van der Waals surface area contributed by atoms with E-state index in [0.29, 0.717) is 30.7 Å². The molecule has 0 aliphatic carbocycles. The van der Waals surface area contributed by atoms with E-state index in [1.807, 2.05) is 37.3 Å². The molecule has 3 aromatic carbocycles. The van der Waals surface area contributed by atoms with Crippen molar-refractivity contribution >= 4 is 80.8 Å². The van der Waals surface area contributed by atoms with E-state index in [0.717, 1.165) is 16.8 Å². The summed E-state index contributed by atoms with van der Waals surface area (Å²) < 4.78 is 6.10. The van der Waals surface area contributed by atoms with E-state index < -0.39 is 0 Å². The molecule has 1 fully saturated rings. The van der Waals surface area contributed by atoms with Crippen LogP contribution in [-0.2, 0) is 9.59 Å². The molecule has 9 heteroatoms. The largest absolute Gasteiger partial charge is 0.484 e. The monoisotopic (exact) mass is 528 g/mol. The molecule has 5 nitrogen and oxygen atoms in total. The van der Waals surface area contributed by atoms with Gasteiger partial charge in [-0.2, -0.15) is 0 Å². The number of aryl methyl sites for hydroxylation is 1. The minimum absolute atomic E-state index is 0.173. The summed E-state index contributed by atoms with van der Waals surface area (Å²) >= 11 is 18.6. The molecule has 3 aromatic rings. The molecular weight excluding hydrogens is 511 g/mol. The maximum atomic E-state index is 13.0. The first-order chi connectivity index (χ1) is 16.3. The zero-order chi connectivity index (χ0) is 24.2. The summed E-state index contributed by atoms with van der Waals surface area (Å²) in [5.74, 6) is -0.0251. The Morgan fingerprint density at radius 2 is 1.88 bits per heavy atom. The van der Waals surface area contributed by atoms with Crippen molar-refractivity contribution in [3.8, 4) is 5.75 Å². The zero-order valence-electron chi connectivity index (χ0n) is 17.9. The molecule has 0 aromatic heterocycles.